The smallest absolute Gasteiger partial charge is 0.0726 e. The lowest BCUT2D eigenvalue weighted by Crippen LogP contribution is -2.31. The Morgan fingerprint density at radius 2 is 2.10 bits per heavy atom. The molecule has 1 heterocycles. The molecule has 0 radical (unpaired) electrons. The highest BCUT2D eigenvalue weighted by atomic mass is 15.1. The van der Waals surface area contributed by atoms with Crippen molar-refractivity contribution in [3.05, 3.63) is 36.0 Å². The van der Waals surface area contributed by atoms with Crippen molar-refractivity contribution in [2.45, 2.75) is 32.4 Å². The molecule has 1 aromatic heterocycles. The molecule has 1 atom stereocenters. The average Bonchev–Trinajstić information content (AvgIpc) is 3.30. The van der Waals surface area contributed by atoms with Crippen LogP contribution in [0.3, 0.4) is 0 Å². The van der Waals surface area contributed by atoms with Gasteiger partial charge < -0.3 is 10.2 Å². The first-order valence-electron chi connectivity index (χ1n) is 7.47. The topological polar surface area (TPSA) is 28.2 Å². The highest BCUT2D eigenvalue weighted by Crippen LogP contribution is 2.37. The number of para-hydroxylation sites is 1. The van der Waals surface area contributed by atoms with Gasteiger partial charge in [0, 0.05) is 30.7 Å². The molecule has 0 saturated heterocycles. The van der Waals surface area contributed by atoms with Gasteiger partial charge in [0.15, 0.2) is 0 Å². The van der Waals surface area contributed by atoms with Crippen LogP contribution in [0.2, 0.25) is 0 Å². The Labute approximate surface area is 121 Å². The molecule has 0 bridgehead atoms. The van der Waals surface area contributed by atoms with Crippen LogP contribution in [0.1, 0.15) is 25.5 Å². The van der Waals surface area contributed by atoms with Crippen molar-refractivity contribution in [1.29, 1.82) is 0 Å². The number of nitrogens with one attached hydrogen (secondary N) is 1. The lowest BCUT2D eigenvalue weighted by molar-refractivity contribution is 0.610. The summed E-state index contributed by atoms with van der Waals surface area (Å²) in [4.78, 5) is 7.17. The number of hydrogen-bond donors (Lipinski definition) is 1. The van der Waals surface area contributed by atoms with Gasteiger partial charge in [-0.2, -0.15) is 0 Å². The van der Waals surface area contributed by atoms with Gasteiger partial charge in [0.2, 0.25) is 0 Å². The highest BCUT2D eigenvalue weighted by molar-refractivity contribution is 5.92. The van der Waals surface area contributed by atoms with Crippen molar-refractivity contribution in [3.63, 3.8) is 0 Å². The molecular weight excluding hydrogens is 246 g/mol. The number of aromatic nitrogens is 1. The van der Waals surface area contributed by atoms with E-state index in [1.807, 2.05) is 7.05 Å². The van der Waals surface area contributed by atoms with E-state index >= 15 is 0 Å². The molecule has 20 heavy (non-hydrogen) atoms. The standard InChI is InChI=1S/C17H23N3/c1-12(13-8-9-13)20(3)17-10-14(11-18-2)19-16-7-5-4-6-15(16)17/h4-7,10,12-13,18H,8-9,11H2,1-3H3. The predicted molar refractivity (Wildman–Crippen MR) is 85.1 cm³/mol. The Balaban J connectivity index is 2.06. The third-order valence-electron chi connectivity index (χ3n) is 4.40. The van der Waals surface area contributed by atoms with Crippen LogP contribution in [-0.2, 0) is 6.54 Å². The predicted octanol–water partition coefficient (Wildman–Crippen LogP) is 3.19. The van der Waals surface area contributed by atoms with Crippen LogP contribution in [0.4, 0.5) is 5.69 Å². The van der Waals surface area contributed by atoms with Crippen LogP contribution >= 0.6 is 0 Å². The molecule has 0 aliphatic heterocycles. The van der Waals surface area contributed by atoms with E-state index in [1.165, 1.54) is 23.9 Å². The number of pyridine rings is 1. The van der Waals surface area contributed by atoms with Crippen LogP contribution in [0, 0.1) is 5.92 Å². The first-order chi connectivity index (χ1) is 9.70. The number of nitrogens with zero attached hydrogens (tertiary/aromatic N) is 2. The van der Waals surface area contributed by atoms with Gasteiger partial charge >= 0.3 is 0 Å². The van der Waals surface area contributed by atoms with Crippen LogP contribution in [0.15, 0.2) is 30.3 Å². The van der Waals surface area contributed by atoms with Crippen molar-refractivity contribution < 1.29 is 0 Å². The van der Waals surface area contributed by atoms with E-state index < -0.39 is 0 Å². The van der Waals surface area contributed by atoms with Gasteiger partial charge in [-0.15, -0.1) is 0 Å². The maximum atomic E-state index is 4.74. The molecule has 106 valence electrons. The highest BCUT2D eigenvalue weighted by Gasteiger charge is 2.31. The normalized spacial score (nSPS) is 16.4. The molecule has 1 saturated carbocycles. The fourth-order valence-corrected chi connectivity index (χ4v) is 2.89. The molecular formula is C17H23N3. The Bertz CT molecular complexity index is 604. The zero-order valence-corrected chi connectivity index (χ0v) is 12.6. The Hall–Kier alpha value is -1.61. The maximum absolute atomic E-state index is 4.74. The van der Waals surface area contributed by atoms with Crippen LogP contribution in [-0.4, -0.2) is 25.1 Å². The maximum Gasteiger partial charge on any atom is 0.0726 e. The first kappa shape index (κ1) is 13.4. The molecule has 1 fully saturated rings. The second kappa shape index (κ2) is 5.41. The Morgan fingerprint density at radius 1 is 1.35 bits per heavy atom. The molecule has 0 amide bonds. The van der Waals surface area contributed by atoms with E-state index in [9.17, 15) is 0 Å². The van der Waals surface area contributed by atoms with E-state index in [-0.39, 0.29) is 0 Å². The summed E-state index contributed by atoms with van der Waals surface area (Å²) < 4.78 is 0. The molecule has 1 aromatic carbocycles. The molecule has 1 unspecified atom stereocenters. The van der Waals surface area contributed by atoms with E-state index in [1.54, 1.807) is 0 Å². The largest absolute Gasteiger partial charge is 0.371 e. The number of rotatable bonds is 5. The van der Waals surface area contributed by atoms with Crippen LogP contribution < -0.4 is 10.2 Å². The number of fused-ring (bicyclic) bond motifs is 1. The van der Waals surface area contributed by atoms with Gasteiger partial charge in [0.1, 0.15) is 0 Å². The minimum absolute atomic E-state index is 0.600. The SMILES string of the molecule is CNCc1cc(N(C)C(C)C2CC2)c2ccccc2n1. The molecule has 0 spiro atoms. The first-order valence-corrected chi connectivity index (χ1v) is 7.47. The van der Waals surface area contributed by atoms with Crippen molar-refractivity contribution in [2.24, 2.45) is 5.92 Å². The fraction of sp³-hybridized carbons (Fsp3) is 0.471. The van der Waals surface area contributed by atoms with Gasteiger partial charge in [-0.05, 0) is 44.9 Å². The van der Waals surface area contributed by atoms with Gasteiger partial charge in [0.05, 0.1) is 11.2 Å². The summed E-state index contributed by atoms with van der Waals surface area (Å²) in [6.07, 6.45) is 2.75. The summed E-state index contributed by atoms with van der Waals surface area (Å²) >= 11 is 0. The summed E-state index contributed by atoms with van der Waals surface area (Å²) in [5.74, 6) is 0.861. The minimum Gasteiger partial charge on any atom is -0.371 e. The monoisotopic (exact) mass is 269 g/mol. The van der Waals surface area contributed by atoms with Gasteiger partial charge in [-0.25, -0.2) is 0 Å². The summed E-state index contributed by atoms with van der Waals surface area (Å²) in [5.41, 5.74) is 3.50. The molecule has 3 rings (SSSR count). The van der Waals surface area contributed by atoms with E-state index in [4.69, 9.17) is 4.98 Å². The molecule has 1 aliphatic rings. The average molecular weight is 269 g/mol. The van der Waals surface area contributed by atoms with Gasteiger partial charge in [0.25, 0.3) is 0 Å². The lowest BCUT2D eigenvalue weighted by Gasteiger charge is -2.28. The Morgan fingerprint density at radius 3 is 2.80 bits per heavy atom. The molecule has 2 aromatic rings. The number of anilines is 1. The molecule has 1 aliphatic carbocycles. The van der Waals surface area contributed by atoms with Crippen molar-refractivity contribution in [3.8, 4) is 0 Å². The zero-order valence-electron chi connectivity index (χ0n) is 12.6. The lowest BCUT2D eigenvalue weighted by atomic mass is 10.1. The fourth-order valence-electron chi connectivity index (χ4n) is 2.89. The van der Waals surface area contributed by atoms with Crippen molar-refractivity contribution >= 4 is 16.6 Å². The van der Waals surface area contributed by atoms with E-state index in [0.717, 1.165) is 23.7 Å². The van der Waals surface area contributed by atoms with Gasteiger partial charge in [-0.3, -0.25) is 4.98 Å². The third kappa shape index (κ3) is 2.50. The molecule has 3 nitrogen and oxygen atoms in total. The molecule has 3 heteroatoms. The van der Waals surface area contributed by atoms with E-state index in [0.29, 0.717) is 6.04 Å². The second-order valence-corrected chi connectivity index (χ2v) is 5.87. The number of benzene rings is 1. The second-order valence-electron chi connectivity index (χ2n) is 5.87. The van der Waals surface area contributed by atoms with Crippen LogP contribution in [0.25, 0.3) is 10.9 Å². The zero-order chi connectivity index (χ0) is 14.1. The summed E-state index contributed by atoms with van der Waals surface area (Å²) in [6, 6.07) is 11.3. The van der Waals surface area contributed by atoms with Crippen LogP contribution in [0.5, 0.6) is 0 Å². The summed E-state index contributed by atoms with van der Waals surface area (Å²) in [7, 11) is 4.18. The van der Waals surface area contributed by atoms with Gasteiger partial charge in [-0.1, -0.05) is 18.2 Å². The quantitative estimate of drug-likeness (QED) is 0.903. The number of hydrogen-bond acceptors (Lipinski definition) is 3. The minimum atomic E-state index is 0.600. The summed E-state index contributed by atoms with van der Waals surface area (Å²) in [6.45, 7) is 3.15. The van der Waals surface area contributed by atoms with Crippen molar-refractivity contribution in [1.82, 2.24) is 10.3 Å². The summed E-state index contributed by atoms with van der Waals surface area (Å²) in [5, 5.41) is 4.45. The van der Waals surface area contributed by atoms with Crippen molar-refractivity contribution in [2.75, 3.05) is 19.0 Å². The Kier molecular flexibility index (Phi) is 3.62. The van der Waals surface area contributed by atoms with E-state index in [2.05, 4.69) is 54.5 Å². The molecule has 1 N–H and O–H groups in total. The third-order valence-corrected chi connectivity index (χ3v) is 4.40.